The highest BCUT2D eigenvalue weighted by Crippen LogP contribution is 2.28. The lowest BCUT2D eigenvalue weighted by Crippen LogP contribution is -2.27. The summed E-state index contributed by atoms with van der Waals surface area (Å²) in [5, 5.41) is 3.67. The van der Waals surface area contributed by atoms with Crippen LogP contribution in [-0.2, 0) is 11.3 Å². The maximum atomic E-state index is 13.3. The molecule has 0 aliphatic carbocycles. The first kappa shape index (κ1) is 22.9. The molecule has 33 heavy (non-hydrogen) atoms. The van der Waals surface area contributed by atoms with Crippen molar-refractivity contribution in [1.82, 2.24) is 9.55 Å². The molecule has 0 bridgehead atoms. The molecule has 2 heterocycles. The zero-order valence-corrected chi connectivity index (χ0v) is 19.7. The van der Waals surface area contributed by atoms with Crippen molar-refractivity contribution < 1.29 is 13.9 Å². The van der Waals surface area contributed by atoms with Gasteiger partial charge in [0.05, 0.1) is 41.3 Å². The summed E-state index contributed by atoms with van der Waals surface area (Å²) in [4.78, 5) is 30.9. The third-order valence-corrected chi connectivity index (χ3v) is 6.20. The van der Waals surface area contributed by atoms with Gasteiger partial charge in [-0.25, -0.2) is 4.98 Å². The van der Waals surface area contributed by atoms with E-state index in [-0.39, 0.29) is 18.0 Å². The molecule has 0 aliphatic heterocycles. The number of thioether (sulfide) groups is 1. The van der Waals surface area contributed by atoms with Crippen molar-refractivity contribution in [1.29, 1.82) is 0 Å². The van der Waals surface area contributed by atoms with Crippen LogP contribution in [0.25, 0.3) is 10.9 Å². The van der Waals surface area contributed by atoms with Gasteiger partial charge in [0.25, 0.3) is 5.56 Å². The Hall–Kier alpha value is -3.23. The normalized spacial score (nSPS) is 12.0. The lowest BCUT2D eigenvalue weighted by Gasteiger charge is -2.17. The predicted molar refractivity (Wildman–Crippen MR) is 130 cm³/mol. The van der Waals surface area contributed by atoms with Crippen molar-refractivity contribution in [3.8, 4) is 5.75 Å². The topological polar surface area (TPSA) is 86.4 Å². The molecule has 1 N–H and O–H groups in total. The Morgan fingerprint density at radius 3 is 2.82 bits per heavy atom. The van der Waals surface area contributed by atoms with Crippen molar-refractivity contribution in [3.63, 3.8) is 0 Å². The summed E-state index contributed by atoms with van der Waals surface area (Å²) in [6, 6.07) is 15.7. The number of fused-ring (bicyclic) bond motifs is 1. The number of carbonyl (C=O) groups excluding carboxylic acids is 1. The second kappa shape index (κ2) is 10.1. The van der Waals surface area contributed by atoms with Gasteiger partial charge in [-0.15, -0.1) is 0 Å². The molecule has 0 spiro atoms. The van der Waals surface area contributed by atoms with Gasteiger partial charge in [0.2, 0.25) is 5.91 Å². The van der Waals surface area contributed by atoms with E-state index in [1.165, 1.54) is 16.3 Å². The number of benzene rings is 2. The number of nitrogens with one attached hydrogen (secondary N) is 1. The fourth-order valence-corrected chi connectivity index (χ4v) is 4.33. The van der Waals surface area contributed by atoms with E-state index in [0.717, 1.165) is 0 Å². The van der Waals surface area contributed by atoms with Crippen molar-refractivity contribution in [2.45, 2.75) is 30.8 Å². The zero-order valence-electron chi connectivity index (χ0n) is 18.1. The smallest absolute Gasteiger partial charge is 0.262 e. The van der Waals surface area contributed by atoms with Crippen LogP contribution in [-0.4, -0.2) is 27.3 Å². The van der Waals surface area contributed by atoms with E-state index in [2.05, 4.69) is 10.3 Å². The highest BCUT2D eigenvalue weighted by molar-refractivity contribution is 8.00. The molecule has 0 radical (unpaired) electrons. The molecule has 7 nitrogen and oxygen atoms in total. The van der Waals surface area contributed by atoms with Crippen molar-refractivity contribution in [2.24, 2.45) is 0 Å². The molecule has 2 aromatic carbocycles. The Bertz CT molecular complexity index is 1340. The van der Waals surface area contributed by atoms with Gasteiger partial charge in [-0.3, -0.25) is 14.2 Å². The Morgan fingerprint density at radius 1 is 1.24 bits per heavy atom. The van der Waals surface area contributed by atoms with E-state index in [1.54, 1.807) is 55.7 Å². The Morgan fingerprint density at radius 2 is 2.06 bits per heavy atom. The van der Waals surface area contributed by atoms with Crippen LogP contribution >= 0.6 is 23.4 Å². The Kier molecular flexibility index (Phi) is 7.05. The number of halogens is 1. The number of ether oxygens (including phenoxy) is 1. The number of aromatic nitrogens is 2. The Labute approximate surface area is 199 Å². The molecule has 0 saturated carbocycles. The number of hydrogen-bond donors (Lipinski definition) is 1. The van der Waals surface area contributed by atoms with E-state index < -0.39 is 5.25 Å². The minimum absolute atomic E-state index is 0.196. The number of rotatable bonds is 8. The summed E-state index contributed by atoms with van der Waals surface area (Å²) < 4.78 is 12.5. The first-order chi connectivity index (χ1) is 16.0. The monoisotopic (exact) mass is 483 g/mol. The van der Waals surface area contributed by atoms with Crippen LogP contribution in [0.4, 0.5) is 5.69 Å². The predicted octanol–water partition coefficient (Wildman–Crippen LogP) is 5.21. The van der Waals surface area contributed by atoms with Crippen LogP contribution in [0, 0.1) is 0 Å². The molecule has 170 valence electrons. The molecule has 0 saturated heterocycles. The van der Waals surface area contributed by atoms with Gasteiger partial charge < -0.3 is 14.5 Å². The van der Waals surface area contributed by atoms with Gasteiger partial charge in [-0.2, -0.15) is 0 Å². The van der Waals surface area contributed by atoms with Gasteiger partial charge >= 0.3 is 0 Å². The van der Waals surface area contributed by atoms with Crippen molar-refractivity contribution in [3.05, 3.63) is 82.0 Å². The average molecular weight is 484 g/mol. The van der Waals surface area contributed by atoms with Gasteiger partial charge in [-0.05, 0) is 56.3 Å². The summed E-state index contributed by atoms with van der Waals surface area (Å²) in [7, 11) is 0. The van der Waals surface area contributed by atoms with E-state index in [9.17, 15) is 9.59 Å². The minimum Gasteiger partial charge on any atom is -0.492 e. The highest BCUT2D eigenvalue weighted by Gasteiger charge is 2.21. The van der Waals surface area contributed by atoms with Crippen LogP contribution < -0.4 is 15.6 Å². The van der Waals surface area contributed by atoms with Crippen molar-refractivity contribution in [2.75, 3.05) is 11.9 Å². The molecule has 4 aromatic rings. The summed E-state index contributed by atoms with van der Waals surface area (Å²) in [5.74, 6) is 0.965. The second-order valence-corrected chi connectivity index (χ2v) is 8.95. The van der Waals surface area contributed by atoms with Gasteiger partial charge in [0.1, 0.15) is 11.5 Å². The molecule has 2 aromatic heterocycles. The van der Waals surface area contributed by atoms with E-state index >= 15 is 0 Å². The van der Waals surface area contributed by atoms with Crippen LogP contribution in [0.3, 0.4) is 0 Å². The lowest BCUT2D eigenvalue weighted by molar-refractivity contribution is -0.115. The summed E-state index contributed by atoms with van der Waals surface area (Å²) in [5.41, 5.74) is 0.827. The number of anilines is 1. The second-order valence-electron chi connectivity index (χ2n) is 7.21. The maximum absolute atomic E-state index is 13.3. The summed E-state index contributed by atoms with van der Waals surface area (Å²) >= 11 is 7.31. The van der Waals surface area contributed by atoms with Gasteiger partial charge in [-0.1, -0.05) is 35.5 Å². The largest absolute Gasteiger partial charge is 0.492 e. The fourth-order valence-electron chi connectivity index (χ4n) is 3.26. The number of para-hydroxylation sites is 2. The molecule has 1 atom stereocenters. The molecular formula is C24H22ClN3O4S. The number of furan rings is 1. The Balaban J connectivity index is 1.65. The zero-order chi connectivity index (χ0) is 23.4. The molecule has 1 amide bonds. The molecule has 0 aliphatic rings. The molecule has 9 heteroatoms. The van der Waals surface area contributed by atoms with Crippen LogP contribution in [0.1, 0.15) is 19.6 Å². The first-order valence-electron chi connectivity index (χ1n) is 10.4. The van der Waals surface area contributed by atoms with Crippen LogP contribution in [0.5, 0.6) is 5.75 Å². The summed E-state index contributed by atoms with van der Waals surface area (Å²) in [6.45, 7) is 4.32. The van der Waals surface area contributed by atoms with Crippen LogP contribution in [0.2, 0.25) is 5.02 Å². The van der Waals surface area contributed by atoms with E-state index in [4.69, 9.17) is 20.8 Å². The third-order valence-electron chi connectivity index (χ3n) is 4.87. The number of hydrogen-bond acceptors (Lipinski definition) is 6. The first-order valence-corrected chi connectivity index (χ1v) is 11.6. The SMILES string of the molecule is CCOc1ccccc1NC(=O)[C@@H](C)Sc1nc2cc(Cl)ccc2c(=O)n1Cc1ccco1. The van der Waals surface area contributed by atoms with E-state index in [1.807, 2.05) is 19.1 Å². The summed E-state index contributed by atoms with van der Waals surface area (Å²) in [6.07, 6.45) is 1.55. The van der Waals surface area contributed by atoms with Crippen LogP contribution in [0.15, 0.2) is 75.2 Å². The molecule has 4 rings (SSSR count). The standard InChI is InChI=1S/C24H22ClN3O4S/c1-3-31-21-9-5-4-8-19(21)26-22(29)15(2)33-24-27-20-13-16(25)10-11-18(20)23(30)28(24)14-17-7-6-12-32-17/h4-13,15H,3,14H2,1-2H3,(H,26,29)/t15-/m1/s1. The van der Waals surface area contributed by atoms with Gasteiger partial charge in [0, 0.05) is 5.02 Å². The number of carbonyl (C=O) groups is 1. The minimum atomic E-state index is -0.550. The molecule has 0 unspecified atom stereocenters. The van der Waals surface area contributed by atoms with Gasteiger partial charge in [0.15, 0.2) is 5.16 Å². The molecular weight excluding hydrogens is 462 g/mol. The average Bonchev–Trinajstić information content (AvgIpc) is 3.31. The lowest BCUT2D eigenvalue weighted by atomic mass is 10.2. The maximum Gasteiger partial charge on any atom is 0.262 e. The highest BCUT2D eigenvalue weighted by atomic mass is 35.5. The quantitative estimate of drug-likeness (QED) is 0.273. The third kappa shape index (κ3) is 5.23. The molecule has 0 fully saturated rings. The van der Waals surface area contributed by atoms with Crippen molar-refractivity contribution >= 4 is 45.9 Å². The number of amides is 1. The van der Waals surface area contributed by atoms with E-state index in [0.29, 0.717) is 44.9 Å². The fraction of sp³-hybridized carbons (Fsp3) is 0.208. The number of nitrogens with zero attached hydrogens (tertiary/aromatic N) is 2.